The molecule has 1 N–H and O–H groups in total. The summed E-state index contributed by atoms with van der Waals surface area (Å²) in [6.07, 6.45) is 0. The molecule has 0 aromatic carbocycles. The third-order valence-electron chi connectivity index (χ3n) is 1.97. The number of amides is 1. The number of likely N-dealkylation sites (N-methyl/N-ethyl adjacent to an activating group) is 1. The average Bonchev–Trinajstić information content (AvgIpc) is 2.65. The molecule has 0 fully saturated rings. The first-order valence-corrected chi connectivity index (χ1v) is 5.46. The second-order valence-corrected chi connectivity index (χ2v) is 4.45. The summed E-state index contributed by atoms with van der Waals surface area (Å²) in [6.45, 7) is 2.65. The Kier molecular flexibility index (Phi) is 6.56. The van der Waals surface area contributed by atoms with Gasteiger partial charge in [-0.2, -0.15) is 0 Å². The first-order chi connectivity index (χ1) is 6.61. The lowest BCUT2D eigenvalue weighted by molar-refractivity contribution is -0.130. The smallest absolute Gasteiger partial charge is 0.238 e. The van der Waals surface area contributed by atoms with E-state index < -0.39 is 0 Å². The first kappa shape index (κ1) is 14.4. The molecular weight excluding hydrogens is 232 g/mol. The third kappa shape index (κ3) is 4.64. The molecule has 1 heterocycles. The van der Waals surface area contributed by atoms with Crippen molar-refractivity contribution in [3.63, 3.8) is 0 Å². The maximum Gasteiger partial charge on any atom is 0.238 e. The molecule has 1 aromatic rings. The minimum absolute atomic E-state index is 0. The van der Waals surface area contributed by atoms with Crippen molar-refractivity contribution >= 4 is 29.7 Å². The quantitative estimate of drug-likeness (QED) is 0.880. The van der Waals surface area contributed by atoms with E-state index in [1.165, 1.54) is 4.88 Å². The van der Waals surface area contributed by atoms with E-state index in [0.717, 1.165) is 6.54 Å². The standard InChI is InChI=1S/C10H16N2OS.ClH/c1-8(10(13)12(2)3)11-7-9-5-4-6-14-9;/h4-6,8,11H,7H2,1-3H3;1H/t8-;/m1./s1. The van der Waals surface area contributed by atoms with Crippen LogP contribution in [0.25, 0.3) is 0 Å². The number of hydrogen-bond acceptors (Lipinski definition) is 3. The Morgan fingerprint density at radius 1 is 1.60 bits per heavy atom. The second-order valence-electron chi connectivity index (χ2n) is 3.41. The molecule has 3 nitrogen and oxygen atoms in total. The number of rotatable bonds is 4. The minimum Gasteiger partial charge on any atom is -0.347 e. The van der Waals surface area contributed by atoms with Crippen LogP contribution in [0.15, 0.2) is 17.5 Å². The number of carbonyl (C=O) groups excluding carboxylic acids is 1. The lowest BCUT2D eigenvalue weighted by atomic mass is 10.3. The fraction of sp³-hybridized carbons (Fsp3) is 0.500. The molecule has 0 bridgehead atoms. The normalized spacial score (nSPS) is 11.7. The van der Waals surface area contributed by atoms with Crippen LogP contribution in [0.4, 0.5) is 0 Å². The van der Waals surface area contributed by atoms with E-state index in [1.807, 2.05) is 18.4 Å². The van der Waals surface area contributed by atoms with Gasteiger partial charge < -0.3 is 10.2 Å². The fourth-order valence-electron chi connectivity index (χ4n) is 1.14. The lowest BCUT2D eigenvalue weighted by Gasteiger charge is -2.17. The SMILES string of the molecule is C[C@@H](NCc1cccs1)C(=O)N(C)C.Cl. The van der Waals surface area contributed by atoms with Crippen LogP contribution >= 0.6 is 23.7 Å². The summed E-state index contributed by atoms with van der Waals surface area (Å²) in [5.74, 6) is 0.113. The van der Waals surface area contributed by atoms with Crippen molar-refractivity contribution < 1.29 is 4.79 Å². The third-order valence-corrected chi connectivity index (χ3v) is 2.85. The van der Waals surface area contributed by atoms with Crippen LogP contribution in [0.1, 0.15) is 11.8 Å². The van der Waals surface area contributed by atoms with Crippen molar-refractivity contribution in [3.8, 4) is 0 Å². The van der Waals surface area contributed by atoms with Gasteiger partial charge in [0.1, 0.15) is 0 Å². The van der Waals surface area contributed by atoms with Gasteiger partial charge in [0.15, 0.2) is 0 Å². The number of nitrogens with zero attached hydrogens (tertiary/aromatic N) is 1. The van der Waals surface area contributed by atoms with E-state index in [0.29, 0.717) is 0 Å². The highest BCUT2D eigenvalue weighted by molar-refractivity contribution is 7.09. The number of hydrogen-bond donors (Lipinski definition) is 1. The predicted molar refractivity (Wildman–Crippen MR) is 66.6 cm³/mol. The highest BCUT2D eigenvalue weighted by Gasteiger charge is 2.13. The zero-order valence-corrected chi connectivity index (χ0v) is 10.8. The van der Waals surface area contributed by atoms with Crippen molar-refractivity contribution in [2.75, 3.05) is 14.1 Å². The minimum atomic E-state index is -0.118. The van der Waals surface area contributed by atoms with Crippen LogP contribution in [-0.4, -0.2) is 30.9 Å². The molecule has 0 aliphatic carbocycles. The van der Waals surface area contributed by atoms with Crippen molar-refractivity contribution in [3.05, 3.63) is 22.4 Å². The molecule has 1 aromatic heterocycles. The molecule has 0 saturated carbocycles. The van der Waals surface area contributed by atoms with Crippen LogP contribution in [0.3, 0.4) is 0 Å². The average molecular weight is 249 g/mol. The van der Waals surface area contributed by atoms with E-state index in [2.05, 4.69) is 11.4 Å². The zero-order valence-electron chi connectivity index (χ0n) is 9.19. The highest BCUT2D eigenvalue weighted by Crippen LogP contribution is 2.07. The molecule has 1 amide bonds. The molecule has 0 aliphatic rings. The summed E-state index contributed by atoms with van der Waals surface area (Å²) in [7, 11) is 3.54. The van der Waals surface area contributed by atoms with Gasteiger partial charge in [-0.05, 0) is 18.4 Å². The number of carbonyl (C=O) groups is 1. The second kappa shape index (κ2) is 6.82. The Hall–Kier alpha value is -0.580. The number of thiophene rings is 1. The maximum absolute atomic E-state index is 11.5. The Labute approximate surface area is 101 Å². The van der Waals surface area contributed by atoms with E-state index in [9.17, 15) is 4.79 Å². The molecule has 15 heavy (non-hydrogen) atoms. The van der Waals surface area contributed by atoms with Gasteiger partial charge in [0.2, 0.25) is 5.91 Å². The van der Waals surface area contributed by atoms with Gasteiger partial charge >= 0.3 is 0 Å². The Balaban J connectivity index is 0.00000196. The van der Waals surface area contributed by atoms with Gasteiger partial charge in [0.25, 0.3) is 0 Å². The van der Waals surface area contributed by atoms with Gasteiger partial charge in [-0.15, -0.1) is 23.7 Å². The summed E-state index contributed by atoms with van der Waals surface area (Å²) in [5.41, 5.74) is 0. The highest BCUT2D eigenvalue weighted by atomic mass is 35.5. The molecule has 0 unspecified atom stereocenters. The van der Waals surface area contributed by atoms with Gasteiger partial charge in [-0.25, -0.2) is 0 Å². The number of halogens is 1. The summed E-state index contributed by atoms with van der Waals surface area (Å²) >= 11 is 1.70. The van der Waals surface area contributed by atoms with Crippen molar-refractivity contribution in [2.24, 2.45) is 0 Å². The van der Waals surface area contributed by atoms with E-state index >= 15 is 0 Å². The predicted octanol–water partition coefficient (Wildman–Crippen LogP) is 1.74. The van der Waals surface area contributed by atoms with Crippen LogP contribution in [0, 0.1) is 0 Å². The molecule has 0 spiro atoms. The van der Waals surface area contributed by atoms with Crippen LogP contribution < -0.4 is 5.32 Å². The molecule has 86 valence electrons. The largest absolute Gasteiger partial charge is 0.347 e. The zero-order chi connectivity index (χ0) is 10.6. The number of nitrogens with one attached hydrogen (secondary N) is 1. The summed E-state index contributed by atoms with van der Waals surface area (Å²) < 4.78 is 0. The van der Waals surface area contributed by atoms with E-state index in [1.54, 1.807) is 30.3 Å². The summed E-state index contributed by atoms with van der Waals surface area (Å²) in [6, 6.07) is 3.96. The molecule has 0 aliphatic heterocycles. The Morgan fingerprint density at radius 3 is 2.73 bits per heavy atom. The van der Waals surface area contributed by atoms with Crippen LogP contribution in [0.2, 0.25) is 0 Å². The van der Waals surface area contributed by atoms with Crippen molar-refractivity contribution in [2.45, 2.75) is 19.5 Å². The lowest BCUT2D eigenvalue weighted by Crippen LogP contribution is -2.40. The van der Waals surface area contributed by atoms with Crippen LogP contribution in [0.5, 0.6) is 0 Å². The van der Waals surface area contributed by atoms with E-state index in [4.69, 9.17) is 0 Å². The molecular formula is C10H17ClN2OS. The first-order valence-electron chi connectivity index (χ1n) is 4.58. The summed E-state index contributed by atoms with van der Waals surface area (Å²) in [4.78, 5) is 14.3. The van der Waals surface area contributed by atoms with Gasteiger partial charge in [-0.1, -0.05) is 6.07 Å². The molecule has 0 radical (unpaired) electrons. The maximum atomic E-state index is 11.5. The summed E-state index contributed by atoms with van der Waals surface area (Å²) in [5, 5.41) is 5.22. The van der Waals surface area contributed by atoms with Gasteiger partial charge in [-0.3, -0.25) is 4.79 Å². The van der Waals surface area contributed by atoms with E-state index in [-0.39, 0.29) is 24.4 Å². The Bertz CT molecular complexity index is 288. The molecule has 0 saturated heterocycles. The van der Waals surface area contributed by atoms with Crippen LogP contribution in [-0.2, 0) is 11.3 Å². The molecule has 5 heteroatoms. The topological polar surface area (TPSA) is 32.3 Å². The molecule has 1 rings (SSSR count). The van der Waals surface area contributed by atoms with Gasteiger partial charge in [0, 0.05) is 25.5 Å². The van der Waals surface area contributed by atoms with Crippen molar-refractivity contribution in [1.82, 2.24) is 10.2 Å². The van der Waals surface area contributed by atoms with Crippen molar-refractivity contribution in [1.29, 1.82) is 0 Å². The Morgan fingerprint density at radius 2 is 2.27 bits per heavy atom. The fourth-order valence-corrected chi connectivity index (χ4v) is 1.80. The monoisotopic (exact) mass is 248 g/mol. The van der Waals surface area contributed by atoms with Gasteiger partial charge in [0.05, 0.1) is 6.04 Å². The molecule has 1 atom stereocenters.